The van der Waals surface area contributed by atoms with E-state index in [0.717, 1.165) is 59.3 Å². The number of fused-ring (bicyclic) bond motifs is 9. The van der Waals surface area contributed by atoms with Gasteiger partial charge in [-0.3, -0.25) is 4.57 Å². The Morgan fingerprint density at radius 3 is 1.88 bits per heavy atom. The minimum absolute atomic E-state index is 0.0921. The zero-order valence-corrected chi connectivity index (χ0v) is 27.7. The molecule has 0 amide bonds. The van der Waals surface area contributed by atoms with Crippen LogP contribution in [-0.4, -0.2) is 24.1 Å². The summed E-state index contributed by atoms with van der Waals surface area (Å²) in [7, 11) is 0. The second-order valence-electron chi connectivity index (χ2n) is 12.5. The maximum Gasteiger partial charge on any atom is 0.238 e. The molecule has 0 unspecified atom stereocenters. The smallest absolute Gasteiger partial charge is 0.238 e. The maximum absolute atomic E-state index is 8.97. The quantitative estimate of drug-likeness (QED) is 0.187. The Bertz CT molecular complexity index is 3410. The van der Waals surface area contributed by atoms with E-state index in [9.17, 15) is 0 Å². The summed E-state index contributed by atoms with van der Waals surface area (Å²) in [5.74, 6) is 1.51. The first-order chi connectivity index (χ1) is 27.4. The van der Waals surface area contributed by atoms with Gasteiger partial charge in [0.05, 0.1) is 28.9 Å². The first-order valence-electron chi connectivity index (χ1n) is 19.1. The molecule has 51 heavy (non-hydrogen) atoms. The van der Waals surface area contributed by atoms with Crippen LogP contribution in [0.25, 0.3) is 98.2 Å². The molecule has 0 fully saturated rings. The minimum atomic E-state index is -0.432. The molecule has 0 saturated heterocycles. The van der Waals surface area contributed by atoms with Crippen molar-refractivity contribution in [2.24, 2.45) is 0 Å². The molecule has 238 valence electrons. The number of hydrogen-bond donors (Lipinski definition) is 0. The molecule has 0 radical (unpaired) electrons. The van der Waals surface area contributed by atoms with Gasteiger partial charge in [0.1, 0.15) is 0 Å². The third-order valence-electron chi connectivity index (χ3n) is 9.68. The Hall–Kier alpha value is -6.63. The zero-order valence-electron chi connectivity index (χ0n) is 31.8. The Morgan fingerprint density at radius 2 is 1.10 bits per heavy atom. The molecule has 7 aromatic carbocycles. The van der Waals surface area contributed by atoms with E-state index in [1.165, 1.54) is 10.1 Å². The molecule has 0 saturated carbocycles. The van der Waals surface area contributed by atoms with E-state index in [0.29, 0.717) is 23.1 Å². The standard InChI is InChI=1S/C45H27N5S/c1-3-14-28(15-4-1)43-46-44(34-22-13-21-33-32-20-9-12-25-41(32)51-42(33)34)48-45(47-43)50-38-24-11-8-19-31(38)36-26-35-30-18-7-10-23-37(30)49(39(35)27-40(36)50)29-16-5-2-6-17-29/h1-27H/i2D,5D,6D,16D,17D. The molecular formula is C45H27N5S. The van der Waals surface area contributed by atoms with Gasteiger partial charge < -0.3 is 4.57 Å². The summed E-state index contributed by atoms with van der Waals surface area (Å²) in [5, 5.41) is 6.09. The first kappa shape index (κ1) is 23.7. The summed E-state index contributed by atoms with van der Waals surface area (Å²) in [6, 6.07) is 42.9. The van der Waals surface area contributed by atoms with Gasteiger partial charge in [-0.15, -0.1) is 11.3 Å². The van der Waals surface area contributed by atoms with E-state index in [4.69, 9.17) is 21.8 Å². The van der Waals surface area contributed by atoms with Crippen LogP contribution in [0.4, 0.5) is 0 Å². The van der Waals surface area contributed by atoms with Crippen LogP contribution in [0.3, 0.4) is 0 Å². The highest BCUT2D eigenvalue weighted by Crippen LogP contribution is 2.41. The van der Waals surface area contributed by atoms with Crippen molar-refractivity contribution >= 4 is 75.1 Å². The van der Waals surface area contributed by atoms with Gasteiger partial charge in [0.2, 0.25) is 5.95 Å². The fourth-order valence-electron chi connectivity index (χ4n) is 7.47. The number of nitrogens with zero attached hydrogens (tertiary/aromatic N) is 5. The predicted molar refractivity (Wildman–Crippen MR) is 212 cm³/mol. The average Bonchev–Trinajstić information content (AvgIpc) is 3.89. The van der Waals surface area contributed by atoms with Crippen molar-refractivity contribution in [2.45, 2.75) is 0 Å². The second-order valence-corrected chi connectivity index (χ2v) is 13.5. The summed E-state index contributed by atoms with van der Waals surface area (Å²) in [5.41, 5.74) is 4.97. The van der Waals surface area contributed by atoms with Gasteiger partial charge in [-0.2, -0.15) is 9.97 Å². The Morgan fingerprint density at radius 1 is 0.471 bits per heavy atom. The van der Waals surface area contributed by atoms with Crippen LogP contribution >= 0.6 is 11.3 Å². The van der Waals surface area contributed by atoms with Gasteiger partial charge in [-0.25, -0.2) is 4.98 Å². The molecular weight excluding hydrogens is 643 g/mol. The lowest BCUT2D eigenvalue weighted by atomic mass is 10.1. The zero-order chi connectivity index (χ0) is 37.8. The van der Waals surface area contributed by atoms with E-state index in [1.807, 2.05) is 72.8 Å². The van der Waals surface area contributed by atoms with Crippen molar-refractivity contribution in [1.82, 2.24) is 24.1 Å². The van der Waals surface area contributed by atoms with Crippen molar-refractivity contribution in [3.8, 4) is 34.4 Å². The van der Waals surface area contributed by atoms with Gasteiger partial charge in [-0.1, -0.05) is 115 Å². The lowest BCUT2D eigenvalue weighted by Gasteiger charge is -2.12. The third kappa shape index (κ3) is 4.24. The molecule has 5 nitrogen and oxygen atoms in total. The van der Waals surface area contributed by atoms with E-state index < -0.39 is 6.04 Å². The van der Waals surface area contributed by atoms with Crippen LogP contribution < -0.4 is 0 Å². The second kappa shape index (κ2) is 10.9. The van der Waals surface area contributed by atoms with E-state index in [2.05, 4.69) is 65.2 Å². The normalized spacial score (nSPS) is 13.3. The lowest BCUT2D eigenvalue weighted by molar-refractivity contribution is 0.954. The summed E-state index contributed by atoms with van der Waals surface area (Å²) in [4.78, 5) is 15.5. The van der Waals surface area contributed by atoms with Crippen molar-refractivity contribution < 1.29 is 6.85 Å². The predicted octanol–water partition coefficient (Wildman–Crippen LogP) is 11.8. The first-order valence-corrected chi connectivity index (χ1v) is 17.4. The van der Waals surface area contributed by atoms with Crippen molar-refractivity contribution in [2.75, 3.05) is 0 Å². The molecule has 6 heteroatoms. The topological polar surface area (TPSA) is 48.5 Å². The molecule has 0 aliphatic heterocycles. The van der Waals surface area contributed by atoms with Crippen molar-refractivity contribution in [1.29, 1.82) is 0 Å². The van der Waals surface area contributed by atoms with E-state index in [1.54, 1.807) is 15.9 Å². The molecule has 11 aromatic rings. The molecule has 0 atom stereocenters. The Labute approximate surface area is 303 Å². The van der Waals surface area contributed by atoms with Gasteiger partial charge >= 0.3 is 0 Å². The van der Waals surface area contributed by atoms with Crippen LogP contribution in [0.2, 0.25) is 0 Å². The van der Waals surface area contributed by atoms with Crippen LogP contribution in [-0.2, 0) is 0 Å². The molecule has 0 aliphatic carbocycles. The van der Waals surface area contributed by atoms with E-state index >= 15 is 0 Å². The van der Waals surface area contributed by atoms with E-state index in [-0.39, 0.29) is 29.9 Å². The van der Waals surface area contributed by atoms with Crippen LogP contribution in [0.15, 0.2) is 164 Å². The van der Waals surface area contributed by atoms with Crippen LogP contribution in [0.1, 0.15) is 6.85 Å². The number of rotatable bonds is 4. The van der Waals surface area contributed by atoms with Crippen molar-refractivity contribution in [3.05, 3.63) is 164 Å². The molecule has 0 bridgehead atoms. The molecule has 11 rings (SSSR count). The number of hydrogen-bond acceptors (Lipinski definition) is 4. The Balaban J connectivity index is 1.26. The Kier molecular flexibility index (Phi) is 5.08. The third-order valence-corrected chi connectivity index (χ3v) is 10.9. The summed E-state index contributed by atoms with van der Waals surface area (Å²) < 4.78 is 49.4. The van der Waals surface area contributed by atoms with Gasteiger partial charge in [0.15, 0.2) is 11.6 Å². The fraction of sp³-hybridized carbons (Fsp3) is 0. The van der Waals surface area contributed by atoms with Gasteiger partial charge in [0.25, 0.3) is 0 Å². The summed E-state index contributed by atoms with van der Waals surface area (Å²) in [6.07, 6.45) is 0. The SMILES string of the molecule is [2H]c1c([2H])c([2H])c(-n2c3ccccc3c3cc4c5ccccc5n(-c5nc(-c6ccccc6)nc(-c6cccc7c6sc6ccccc67)n5)c4cc32)c([2H])c1[2H]. The summed E-state index contributed by atoms with van der Waals surface area (Å²) in [6.45, 7) is 0. The molecule has 0 spiro atoms. The lowest BCUT2D eigenvalue weighted by Crippen LogP contribution is -2.06. The van der Waals surface area contributed by atoms with Gasteiger partial charge in [0, 0.05) is 58.5 Å². The molecule has 0 aliphatic rings. The van der Waals surface area contributed by atoms with Crippen LogP contribution in [0, 0.1) is 0 Å². The number of thiophene rings is 1. The number of para-hydroxylation sites is 3. The fourth-order valence-corrected chi connectivity index (χ4v) is 8.68. The highest BCUT2D eigenvalue weighted by molar-refractivity contribution is 7.26. The molecule has 4 aromatic heterocycles. The van der Waals surface area contributed by atoms with Gasteiger partial charge in [-0.05, 0) is 48.5 Å². The molecule has 0 N–H and O–H groups in total. The largest absolute Gasteiger partial charge is 0.309 e. The van der Waals surface area contributed by atoms with Crippen LogP contribution in [0.5, 0.6) is 0 Å². The highest BCUT2D eigenvalue weighted by atomic mass is 32.1. The minimum Gasteiger partial charge on any atom is -0.309 e. The summed E-state index contributed by atoms with van der Waals surface area (Å²) >= 11 is 1.72. The molecule has 4 heterocycles. The van der Waals surface area contributed by atoms with Crippen molar-refractivity contribution in [3.63, 3.8) is 0 Å². The number of benzene rings is 7. The average molecular weight is 675 g/mol. The monoisotopic (exact) mass is 674 g/mol. The number of aromatic nitrogens is 5. The maximum atomic E-state index is 8.97. The highest BCUT2D eigenvalue weighted by Gasteiger charge is 2.22.